The first-order valence-corrected chi connectivity index (χ1v) is 8.93. The maximum atomic E-state index is 12.6. The molecule has 2 aromatic carbocycles. The van der Waals surface area contributed by atoms with Gasteiger partial charge in [-0.05, 0) is 38.0 Å². The van der Waals surface area contributed by atoms with E-state index in [0.29, 0.717) is 17.8 Å². The van der Waals surface area contributed by atoms with Gasteiger partial charge >= 0.3 is 0 Å². The lowest BCUT2D eigenvalue weighted by Crippen LogP contribution is -2.38. The number of alkyl halides is 1. The lowest BCUT2D eigenvalue weighted by molar-refractivity contribution is -0.122. The second-order valence-electron chi connectivity index (χ2n) is 6.76. The van der Waals surface area contributed by atoms with Gasteiger partial charge in [-0.2, -0.15) is 0 Å². The molecule has 0 aliphatic carbocycles. The van der Waals surface area contributed by atoms with Gasteiger partial charge in [-0.25, -0.2) is 5.43 Å². The summed E-state index contributed by atoms with van der Waals surface area (Å²) in [6.45, 7) is 5.86. The van der Waals surface area contributed by atoms with Gasteiger partial charge in [0.05, 0.1) is 16.7 Å². The van der Waals surface area contributed by atoms with Gasteiger partial charge in [-0.3, -0.25) is 15.0 Å². The van der Waals surface area contributed by atoms with Gasteiger partial charge in [-0.15, -0.1) is 11.6 Å². The quantitative estimate of drug-likeness (QED) is 0.512. The first-order valence-electron chi connectivity index (χ1n) is 8.39. The van der Waals surface area contributed by atoms with Gasteiger partial charge in [0.2, 0.25) is 5.91 Å². The van der Waals surface area contributed by atoms with Crippen LogP contribution in [0.2, 0.25) is 0 Å². The number of hydrogen-bond donors (Lipinski definition) is 3. The summed E-state index contributed by atoms with van der Waals surface area (Å²) in [6, 6.07) is 15.0. The predicted octanol–water partition coefficient (Wildman–Crippen LogP) is 3.63. The lowest BCUT2D eigenvalue weighted by Gasteiger charge is -2.22. The number of amides is 2. The summed E-state index contributed by atoms with van der Waals surface area (Å²) >= 11 is 5.87. The van der Waals surface area contributed by atoms with Crippen molar-refractivity contribution in [3.8, 4) is 0 Å². The van der Waals surface area contributed by atoms with Crippen LogP contribution in [0.3, 0.4) is 0 Å². The van der Waals surface area contributed by atoms with Crippen molar-refractivity contribution in [3.05, 3.63) is 65.2 Å². The molecule has 2 amide bonds. The molecule has 0 saturated carbocycles. The molecule has 0 radical (unpaired) electrons. The average molecular weight is 374 g/mol. The fourth-order valence-electron chi connectivity index (χ4n) is 2.26. The van der Waals surface area contributed by atoms with Crippen molar-refractivity contribution in [3.63, 3.8) is 0 Å². The molecule has 0 aromatic heterocycles. The number of carbonyl (C=O) groups excluding carboxylic acids is 2. The van der Waals surface area contributed by atoms with E-state index in [1.54, 1.807) is 26.0 Å². The van der Waals surface area contributed by atoms with Crippen LogP contribution >= 0.6 is 11.6 Å². The first-order chi connectivity index (χ1) is 12.3. The summed E-state index contributed by atoms with van der Waals surface area (Å²) in [6.07, 6.45) is 0. The van der Waals surface area contributed by atoms with Crippen molar-refractivity contribution >= 4 is 29.1 Å². The summed E-state index contributed by atoms with van der Waals surface area (Å²) in [5, 5.41) is 2.85. The van der Waals surface area contributed by atoms with Crippen LogP contribution in [0.25, 0.3) is 0 Å². The Morgan fingerprint density at radius 3 is 2.38 bits per heavy atom. The van der Waals surface area contributed by atoms with Crippen molar-refractivity contribution in [1.82, 2.24) is 10.9 Å². The van der Waals surface area contributed by atoms with Crippen molar-refractivity contribution in [1.29, 1.82) is 0 Å². The SMILES string of the molecule is Cc1cccc(C(=O)NNCc2ccccc2)c1NC(=O)C(C)(C)CCl. The van der Waals surface area contributed by atoms with E-state index in [0.717, 1.165) is 11.1 Å². The molecular formula is C20H24ClN3O2. The van der Waals surface area contributed by atoms with Crippen LogP contribution in [0.5, 0.6) is 0 Å². The van der Waals surface area contributed by atoms with Gasteiger partial charge in [0.15, 0.2) is 0 Å². The molecule has 0 spiro atoms. The van der Waals surface area contributed by atoms with Gasteiger partial charge < -0.3 is 5.32 Å². The second kappa shape index (κ2) is 8.83. The van der Waals surface area contributed by atoms with E-state index in [4.69, 9.17) is 11.6 Å². The van der Waals surface area contributed by atoms with E-state index in [9.17, 15) is 9.59 Å². The minimum absolute atomic E-state index is 0.185. The minimum atomic E-state index is -0.733. The van der Waals surface area contributed by atoms with E-state index in [2.05, 4.69) is 16.2 Å². The summed E-state index contributed by atoms with van der Waals surface area (Å²) in [5.41, 5.74) is 7.59. The minimum Gasteiger partial charge on any atom is -0.325 e. The fraction of sp³-hybridized carbons (Fsp3) is 0.300. The Labute approximate surface area is 159 Å². The number of aryl methyl sites for hydroxylation is 1. The molecule has 3 N–H and O–H groups in total. The Kier molecular flexibility index (Phi) is 6.77. The number of hydrazine groups is 1. The lowest BCUT2D eigenvalue weighted by atomic mass is 9.94. The number of benzene rings is 2. The van der Waals surface area contributed by atoms with Crippen molar-refractivity contribution in [2.24, 2.45) is 5.41 Å². The Morgan fingerprint density at radius 2 is 1.73 bits per heavy atom. The van der Waals surface area contributed by atoms with Crippen LogP contribution in [-0.4, -0.2) is 17.7 Å². The van der Waals surface area contributed by atoms with Crippen molar-refractivity contribution in [2.75, 3.05) is 11.2 Å². The summed E-state index contributed by atoms with van der Waals surface area (Å²) in [7, 11) is 0. The topological polar surface area (TPSA) is 70.2 Å². The largest absolute Gasteiger partial charge is 0.325 e. The first kappa shape index (κ1) is 19.9. The van der Waals surface area contributed by atoms with E-state index < -0.39 is 5.41 Å². The standard InChI is InChI=1S/C20H24ClN3O2/c1-14-8-7-11-16(17(14)23-19(26)20(2,3)13-21)18(25)24-22-12-15-9-5-4-6-10-15/h4-11,22H,12-13H2,1-3H3,(H,23,26)(H,24,25). The third kappa shape index (κ3) is 5.07. The van der Waals surface area contributed by atoms with E-state index >= 15 is 0 Å². The zero-order valence-electron chi connectivity index (χ0n) is 15.2. The molecule has 138 valence electrons. The number of anilines is 1. The number of hydrogen-bond acceptors (Lipinski definition) is 3. The molecule has 2 rings (SSSR count). The molecular weight excluding hydrogens is 350 g/mol. The maximum Gasteiger partial charge on any atom is 0.267 e. The van der Waals surface area contributed by atoms with Crippen molar-refractivity contribution in [2.45, 2.75) is 27.3 Å². The summed E-state index contributed by atoms with van der Waals surface area (Å²) in [4.78, 5) is 25.0. The predicted molar refractivity (Wildman–Crippen MR) is 105 cm³/mol. The van der Waals surface area contributed by atoms with Crippen LogP contribution in [0.15, 0.2) is 48.5 Å². The number of nitrogens with one attached hydrogen (secondary N) is 3. The molecule has 6 heteroatoms. The summed E-state index contributed by atoms with van der Waals surface area (Å²) < 4.78 is 0. The van der Waals surface area contributed by atoms with Crippen LogP contribution < -0.4 is 16.2 Å². The number of halogens is 1. The molecule has 0 bridgehead atoms. The van der Waals surface area contributed by atoms with Crippen LogP contribution in [0.4, 0.5) is 5.69 Å². The van der Waals surface area contributed by atoms with Crippen molar-refractivity contribution < 1.29 is 9.59 Å². The van der Waals surface area contributed by atoms with Crippen LogP contribution in [-0.2, 0) is 11.3 Å². The number of rotatable bonds is 7. The normalized spacial score (nSPS) is 11.1. The highest BCUT2D eigenvalue weighted by molar-refractivity contribution is 6.20. The van der Waals surface area contributed by atoms with Gasteiger partial charge in [0.25, 0.3) is 5.91 Å². The highest BCUT2D eigenvalue weighted by Gasteiger charge is 2.28. The monoisotopic (exact) mass is 373 g/mol. The number of para-hydroxylation sites is 1. The van der Waals surface area contributed by atoms with E-state index in [1.165, 1.54) is 0 Å². The molecule has 0 atom stereocenters. The molecule has 0 aliphatic rings. The molecule has 0 saturated heterocycles. The zero-order valence-corrected chi connectivity index (χ0v) is 16.0. The molecule has 0 heterocycles. The average Bonchev–Trinajstić information content (AvgIpc) is 2.64. The third-order valence-corrected chi connectivity index (χ3v) is 4.71. The van der Waals surface area contributed by atoms with Crippen LogP contribution in [0, 0.1) is 12.3 Å². The summed E-state index contributed by atoms with van der Waals surface area (Å²) in [5.74, 6) is -0.359. The van der Waals surface area contributed by atoms with Gasteiger partial charge in [0, 0.05) is 12.4 Å². The smallest absolute Gasteiger partial charge is 0.267 e. The van der Waals surface area contributed by atoms with Gasteiger partial charge in [0.1, 0.15) is 0 Å². The Hall–Kier alpha value is -2.37. The molecule has 26 heavy (non-hydrogen) atoms. The third-order valence-electron chi connectivity index (χ3n) is 4.04. The molecule has 2 aromatic rings. The van der Waals surface area contributed by atoms with Crippen LogP contribution in [0.1, 0.15) is 35.3 Å². The van der Waals surface area contributed by atoms with Gasteiger partial charge in [-0.1, -0.05) is 42.5 Å². The second-order valence-corrected chi connectivity index (χ2v) is 7.03. The van der Waals surface area contributed by atoms with E-state index in [-0.39, 0.29) is 17.7 Å². The zero-order chi connectivity index (χ0) is 19.2. The highest BCUT2D eigenvalue weighted by atomic mass is 35.5. The fourth-order valence-corrected chi connectivity index (χ4v) is 2.38. The number of carbonyl (C=O) groups is 2. The Morgan fingerprint density at radius 1 is 1.04 bits per heavy atom. The molecule has 0 aliphatic heterocycles. The molecule has 0 fully saturated rings. The molecule has 5 nitrogen and oxygen atoms in total. The molecule has 0 unspecified atom stereocenters. The Bertz CT molecular complexity index is 776. The maximum absolute atomic E-state index is 12.6. The Balaban J connectivity index is 2.09. The highest BCUT2D eigenvalue weighted by Crippen LogP contribution is 2.25. The van der Waals surface area contributed by atoms with E-state index in [1.807, 2.05) is 43.3 Å².